The van der Waals surface area contributed by atoms with Gasteiger partial charge in [-0.2, -0.15) is 0 Å². The lowest BCUT2D eigenvalue weighted by molar-refractivity contribution is 0.647. The molecule has 2 aromatic heterocycles. The molecule has 2 aromatic rings. The second kappa shape index (κ2) is 9.63. The van der Waals surface area contributed by atoms with Crippen LogP contribution in [0.3, 0.4) is 0 Å². The Morgan fingerprint density at radius 1 is 1.31 bits per heavy atom. The predicted molar refractivity (Wildman–Crippen MR) is 122 cm³/mol. The van der Waals surface area contributed by atoms with Crippen molar-refractivity contribution in [3.05, 3.63) is 34.4 Å². The van der Waals surface area contributed by atoms with E-state index in [2.05, 4.69) is 35.8 Å². The number of rotatable bonds is 6. The molecule has 4 heterocycles. The Balaban J connectivity index is 1.23. The largest absolute Gasteiger partial charge is 0.356 e. The summed E-state index contributed by atoms with van der Waals surface area (Å²) in [6.45, 7) is 4.89. The highest BCUT2D eigenvalue weighted by atomic mass is 35.5. The van der Waals surface area contributed by atoms with Crippen molar-refractivity contribution in [3.8, 4) is 0 Å². The van der Waals surface area contributed by atoms with E-state index in [1.54, 1.807) is 17.5 Å². The zero-order valence-corrected chi connectivity index (χ0v) is 18.3. The third-order valence-electron chi connectivity index (χ3n) is 5.38. The van der Waals surface area contributed by atoms with E-state index in [-0.39, 0.29) is 0 Å². The van der Waals surface area contributed by atoms with Crippen LogP contribution in [-0.2, 0) is 6.42 Å². The summed E-state index contributed by atoms with van der Waals surface area (Å²) in [6, 6.07) is 4.07. The van der Waals surface area contributed by atoms with Crippen LogP contribution in [0, 0.1) is 0 Å². The predicted octanol–water partition coefficient (Wildman–Crippen LogP) is 2.78. The second-order valence-corrected chi connectivity index (χ2v) is 8.69. The number of aliphatic imine (C=N–C) groups is 1. The van der Waals surface area contributed by atoms with Gasteiger partial charge in [0.25, 0.3) is 0 Å². The lowest BCUT2D eigenvalue weighted by Gasteiger charge is -2.20. The number of aromatic nitrogens is 2. The van der Waals surface area contributed by atoms with Crippen LogP contribution >= 0.6 is 22.9 Å². The molecule has 1 atom stereocenters. The van der Waals surface area contributed by atoms with E-state index >= 15 is 0 Å². The highest BCUT2D eigenvalue weighted by Crippen LogP contribution is 2.26. The number of nitrogens with one attached hydrogen (secondary N) is 2. The summed E-state index contributed by atoms with van der Waals surface area (Å²) in [4.78, 5) is 18.2. The fourth-order valence-electron chi connectivity index (χ4n) is 3.84. The molecule has 0 radical (unpaired) electrons. The van der Waals surface area contributed by atoms with E-state index in [0.29, 0.717) is 11.1 Å². The molecule has 29 heavy (non-hydrogen) atoms. The lowest BCUT2D eigenvalue weighted by atomic mass is 10.3. The quantitative estimate of drug-likeness (QED) is 0.539. The molecule has 0 spiro atoms. The van der Waals surface area contributed by atoms with E-state index in [1.807, 2.05) is 19.2 Å². The SMILES string of the molecule is CN=C(NCCc1csc(N2CCCC2)n1)NC1CCN(c2ncccc2Cl)C1. The molecule has 0 saturated carbocycles. The highest BCUT2D eigenvalue weighted by Gasteiger charge is 2.25. The number of hydrogen-bond acceptors (Lipinski definition) is 6. The normalized spacial score (nSPS) is 19.8. The van der Waals surface area contributed by atoms with Gasteiger partial charge in [0.15, 0.2) is 11.1 Å². The van der Waals surface area contributed by atoms with Crippen molar-refractivity contribution >= 4 is 39.8 Å². The molecular weight excluding hydrogens is 406 g/mol. The monoisotopic (exact) mass is 433 g/mol. The van der Waals surface area contributed by atoms with Gasteiger partial charge in [0.2, 0.25) is 0 Å². The van der Waals surface area contributed by atoms with Crippen molar-refractivity contribution in [2.24, 2.45) is 4.99 Å². The number of anilines is 2. The van der Waals surface area contributed by atoms with E-state index < -0.39 is 0 Å². The molecule has 2 aliphatic rings. The Bertz CT molecular complexity index is 834. The topological polar surface area (TPSA) is 68.7 Å². The van der Waals surface area contributed by atoms with Gasteiger partial charge in [0, 0.05) is 63.8 Å². The van der Waals surface area contributed by atoms with Gasteiger partial charge < -0.3 is 20.4 Å². The van der Waals surface area contributed by atoms with Crippen molar-refractivity contribution in [2.45, 2.75) is 31.7 Å². The minimum atomic E-state index is 0.320. The summed E-state index contributed by atoms with van der Waals surface area (Å²) in [5.41, 5.74) is 1.15. The number of nitrogens with zero attached hydrogens (tertiary/aromatic N) is 5. The van der Waals surface area contributed by atoms with E-state index in [4.69, 9.17) is 16.6 Å². The van der Waals surface area contributed by atoms with Gasteiger partial charge in [-0.3, -0.25) is 4.99 Å². The maximum absolute atomic E-state index is 6.29. The summed E-state index contributed by atoms with van der Waals surface area (Å²) < 4.78 is 0. The fourth-order valence-corrected chi connectivity index (χ4v) is 5.00. The maximum Gasteiger partial charge on any atom is 0.191 e. The van der Waals surface area contributed by atoms with E-state index in [1.165, 1.54) is 18.0 Å². The molecule has 0 bridgehead atoms. The molecule has 2 N–H and O–H groups in total. The summed E-state index contributed by atoms with van der Waals surface area (Å²) in [6.07, 6.45) is 6.27. The van der Waals surface area contributed by atoms with Crippen molar-refractivity contribution in [1.82, 2.24) is 20.6 Å². The van der Waals surface area contributed by atoms with Crippen LogP contribution < -0.4 is 20.4 Å². The zero-order chi connectivity index (χ0) is 20.1. The molecule has 7 nitrogen and oxygen atoms in total. The molecule has 2 aliphatic heterocycles. The third kappa shape index (κ3) is 5.11. The molecule has 1 unspecified atom stereocenters. The van der Waals surface area contributed by atoms with Crippen LogP contribution in [0.1, 0.15) is 25.0 Å². The van der Waals surface area contributed by atoms with Crippen molar-refractivity contribution in [1.29, 1.82) is 0 Å². The number of guanidine groups is 1. The number of halogens is 1. The Labute approximate surface area is 181 Å². The van der Waals surface area contributed by atoms with E-state index in [0.717, 1.165) is 63.0 Å². The minimum absolute atomic E-state index is 0.320. The molecular formula is C20H28ClN7S. The first-order valence-electron chi connectivity index (χ1n) is 10.2. The van der Waals surface area contributed by atoms with Gasteiger partial charge in [-0.25, -0.2) is 9.97 Å². The third-order valence-corrected chi connectivity index (χ3v) is 6.63. The van der Waals surface area contributed by atoms with Crippen molar-refractivity contribution < 1.29 is 0 Å². The average Bonchev–Trinajstić information content (AvgIpc) is 3.49. The molecule has 0 amide bonds. The van der Waals surface area contributed by atoms with Crippen LogP contribution in [0.4, 0.5) is 10.9 Å². The van der Waals surface area contributed by atoms with Crippen molar-refractivity contribution in [3.63, 3.8) is 0 Å². The second-order valence-electron chi connectivity index (χ2n) is 7.45. The van der Waals surface area contributed by atoms with E-state index in [9.17, 15) is 0 Å². The summed E-state index contributed by atoms with van der Waals surface area (Å²) in [5.74, 6) is 1.69. The first-order chi connectivity index (χ1) is 14.2. The lowest BCUT2D eigenvalue weighted by Crippen LogP contribution is -2.45. The summed E-state index contributed by atoms with van der Waals surface area (Å²) >= 11 is 8.04. The molecule has 0 aliphatic carbocycles. The average molecular weight is 434 g/mol. The molecule has 9 heteroatoms. The Hall–Kier alpha value is -2.06. The number of thiazole rings is 1. The molecule has 4 rings (SSSR count). The Morgan fingerprint density at radius 2 is 2.17 bits per heavy atom. The van der Waals surface area contributed by atoms with Crippen LogP contribution in [-0.4, -0.2) is 61.7 Å². The summed E-state index contributed by atoms with van der Waals surface area (Å²) in [5, 5.41) is 11.0. The first-order valence-corrected chi connectivity index (χ1v) is 11.5. The van der Waals surface area contributed by atoms with Crippen molar-refractivity contribution in [2.75, 3.05) is 49.6 Å². The van der Waals surface area contributed by atoms with Gasteiger partial charge in [0.1, 0.15) is 5.82 Å². The first kappa shape index (κ1) is 20.2. The Morgan fingerprint density at radius 3 is 2.97 bits per heavy atom. The number of hydrogen-bond donors (Lipinski definition) is 2. The molecule has 2 fully saturated rings. The van der Waals surface area contributed by atoms with Gasteiger partial charge in [-0.05, 0) is 31.4 Å². The molecule has 156 valence electrons. The van der Waals surface area contributed by atoms with Gasteiger partial charge in [-0.15, -0.1) is 11.3 Å². The molecule has 0 aromatic carbocycles. The smallest absolute Gasteiger partial charge is 0.191 e. The summed E-state index contributed by atoms with van der Waals surface area (Å²) in [7, 11) is 1.81. The van der Waals surface area contributed by atoms with Crippen LogP contribution in [0.25, 0.3) is 0 Å². The van der Waals surface area contributed by atoms with Gasteiger partial charge in [-0.1, -0.05) is 11.6 Å². The minimum Gasteiger partial charge on any atom is -0.356 e. The molecule has 2 saturated heterocycles. The van der Waals surface area contributed by atoms with Gasteiger partial charge in [0.05, 0.1) is 10.7 Å². The standard InChI is InChI=1S/C20H28ClN7S/c1-22-19(24-9-6-16-14-29-20(26-16)27-10-2-3-11-27)25-15-7-12-28(13-15)18-17(21)5-4-8-23-18/h4-5,8,14-15H,2-3,6-7,9-13H2,1H3,(H2,22,24,25). The van der Waals surface area contributed by atoms with Crippen LogP contribution in [0.15, 0.2) is 28.7 Å². The number of pyridine rings is 1. The fraction of sp³-hybridized carbons (Fsp3) is 0.550. The van der Waals surface area contributed by atoms with Crippen LogP contribution in [0.2, 0.25) is 5.02 Å². The van der Waals surface area contributed by atoms with Gasteiger partial charge >= 0.3 is 0 Å². The maximum atomic E-state index is 6.29. The Kier molecular flexibility index (Phi) is 6.71. The van der Waals surface area contributed by atoms with Crippen LogP contribution in [0.5, 0.6) is 0 Å². The zero-order valence-electron chi connectivity index (χ0n) is 16.8. The highest BCUT2D eigenvalue weighted by molar-refractivity contribution is 7.13.